The van der Waals surface area contributed by atoms with Crippen molar-refractivity contribution in [2.75, 3.05) is 11.6 Å². The van der Waals surface area contributed by atoms with Crippen LogP contribution in [0, 0.1) is 11.8 Å². The monoisotopic (exact) mass is 290 g/mol. The highest BCUT2D eigenvalue weighted by atomic mass is 32.2. The Hall–Kier alpha value is -1.16. The lowest BCUT2D eigenvalue weighted by Gasteiger charge is -2.20. The number of benzene rings is 1. The van der Waals surface area contributed by atoms with Crippen LogP contribution in [0.4, 0.5) is 10.5 Å². The summed E-state index contributed by atoms with van der Waals surface area (Å²) in [5.74, 6) is 1.58. The third-order valence-corrected chi connectivity index (χ3v) is 5.49. The number of amides is 2. The Labute approximate surface area is 124 Å². The van der Waals surface area contributed by atoms with Crippen molar-refractivity contribution < 1.29 is 4.79 Å². The summed E-state index contributed by atoms with van der Waals surface area (Å²) < 4.78 is 0. The van der Waals surface area contributed by atoms with Crippen LogP contribution in [-0.2, 0) is 0 Å². The molecule has 0 heterocycles. The molecule has 2 fully saturated rings. The standard InChI is InChI=1S/C16H22N2OS/c1-20-13-8-6-12(7-9-13)17-16(19)18-15-10-5-11-3-2-4-14(11)15/h6-9,11,14-15H,2-5,10H2,1H3,(H2,17,18,19). The quantitative estimate of drug-likeness (QED) is 0.823. The molecule has 0 saturated heterocycles. The number of urea groups is 1. The normalized spacial score (nSPS) is 28.1. The fraction of sp³-hybridized carbons (Fsp3) is 0.562. The summed E-state index contributed by atoms with van der Waals surface area (Å²) in [6.45, 7) is 0. The maximum absolute atomic E-state index is 12.1. The summed E-state index contributed by atoms with van der Waals surface area (Å²) >= 11 is 1.70. The van der Waals surface area contributed by atoms with Gasteiger partial charge in [0.2, 0.25) is 0 Å². The van der Waals surface area contributed by atoms with Crippen LogP contribution in [0.25, 0.3) is 0 Å². The van der Waals surface area contributed by atoms with Crippen molar-refractivity contribution in [1.82, 2.24) is 5.32 Å². The maximum Gasteiger partial charge on any atom is 0.319 e. The molecule has 2 saturated carbocycles. The molecular weight excluding hydrogens is 268 g/mol. The van der Waals surface area contributed by atoms with Crippen LogP contribution in [0.2, 0.25) is 0 Å². The van der Waals surface area contributed by atoms with Crippen LogP contribution in [0.5, 0.6) is 0 Å². The number of carbonyl (C=O) groups is 1. The molecule has 0 spiro atoms. The average molecular weight is 290 g/mol. The highest BCUT2D eigenvalue weighted by Crippen LogP contribution is 2.43. The zero-order valence-electron chi connectivity index (χ0n) is 11.9. The molecule has 3 unspecified atom stereocenters. The van der Waals surface area contributed by atoms with Gasteiger partial charge in [-0.05, 0) is 61.6 Å². The number of hydrogen-bond acceptors (Lipinski definition) is 2. The summed E-state index contributed by atoms with van der Waals surface area (Å²) in [6.07, 6.45) is 8.48. The highest BCUT2D eigenvalue weighted by molar-refractivity contribution is 7.98. The SMILES string of the molecule is CSc1ccc(NC(=O)NC2CCC3CCCC32)cc1. The second-order valence-electron chi connectivity index (χ2n) is 5.87. The topological polar surface area (TPSA) is 41.1 Å². The minimum atomic E-state index is -0.0561. The van der Waals surface area contributed by atoms with Gasteiger partial charge in [0.1, 0.15) is 0 Å². The Bertz CT molecular complexity index is 474. The van der Waals surface area contributed by atoms with Gasteiger partial charge >= 0.3 is 6.03 Å². The predicted octanol–water partition coefficient (Wildman–Crippen LogP) is 4.11. The Morgan fingerprint density at radius 3 is 2.70 bits per heavy atom. The van der Waals surface area contributed by atoms with E-state index in [1.165, 1.54) is 30.6 Å². The summed E-state index contributed by atoms with van der Waals surface area (Å²) in [4.78, 5) is 13.3. The lowest BCUT2D eigenvalue weighted by molar-refractivity contribution is 0.244. The van der Waals surface area contributed by atoms with Crippen molar-refractivity contribution in [3.8, 4) is 0 Å². The van der Waals surface area contributed by atoms with E-state index in [1.54, 1.807) is 11.8 Å². The van der Waals surface area contributed by atoms with Crippen molar-refractivity contribution >= 4 is 23.5 Å². The number of fused-ring (bicyclic) bond motifs is 1. The Kier molecular flexibility index (Phi) is 4.20. The van der Waals surface area contributed by atoms with Gasteiger partial charge in [0.05, 0.1) is 0 Å². The third kappa shape index (κ3) is 2.95. The van der Waals surface area contributed by atoms with Crippen molar-refractivity contribution in [3.05, 3.63) is 24.3 Å². The molecule has 2 N–H and O–H groups in total. The first-order valence-electron chi connectivity index (χ1n) is 7.48. The second-order valence-corrected chi connectivity index (χ2v) is 6.75. The minimum Gasteiger partial charge on any atom is -0.335 e. The third-order valence-electron chi connectivity index (χ3n) is 4.75. The summed E-state index contributed by atoms with van der Waals surface area (Å²) in [7, 11) is 0. The van der Waals surface area contributed by atoms with Gasteiger partial charge in [-0.3, -0.25) is 0 Å². The Morgan fingerprint density at radius 1 is 1.15 bits per heavy atom. The average Bonchev–Trinajstić information content (AvgIpc) is 3.05. The molecule has 2 aliphatic carbocycles. The number of thioether (sulfide) groups is 1. The van der Waals surface area contributed by atoms with E-state index >= 15 is 0 Å². The van der Waals surface area contributed by atoms with Crippen LogP contribution in [0.15, 0.2) is 29.2 Å². The number of hydrogen-bond donors (Lipinski definition) is 2. The molecule has 4 heteroatoms. The summed E-state index contributed by atoms with van der Waals surface area (Å²) in [5.41, 5.74) is 0.862. The van der Waals surface area contributed by atoms with E-state index in [1.807, 2.05) is 30.5 Å². The van der Waals surface area contributed by atoms with Gasteiger partial charge in [0.15, 0.2) is 0 Å². The second kappa shape index (κ2) is 6.08. The number of rotatable bonds is 3. The van der Waals surface area contributed by atoms with Gasteiger partial charge < -0.3 is 10.6 Å². The Balaban J connectivity index is 1.54. The molecular formula is C16H22N2OS. The summed E-state index contributed by atoms with van der Waals surface area (Å²) in [6, 6.07) is 8.30. The van der Waals surface area contributed by atoms with Gasteiger partial charge in [-0.2, -0.15) is 0 Å². The van der Waals surface area contributed by atoms with E-state index in [2.05, 4.69) is 10.6 Å². The zero-order chi connectivity index (χ0) is 13.9. The summed E-state index contributed by atoms with van der Waals surface area (Å²) in [5, 5.41) is 6.11. The van der Waals surface area contributed by atoms with Crippen LogP contribution in [0.3, 0.4) is 0 Å². The van der Waals surface area contributed by atoms with E-state index in [0.29, 0.717) is 6.04 Å². The van der Waals surface area contributed by atoms with Crippen molar-refractivity contribution in [1.29, 1.82) is 0 Å². The van der Waals surface area contributed by atoms with Crippen LogP contribution < -0.4 is 10.6 Å². The van der Waals surface area contributed by atoms with Gasteiger partial charge in [0.25, 0.3) is 0 Å². The molecule has 20 heavy (non-hydrogen) atoms. The largest absolute Gasteiger partial charge is 0.335 e. The number of carbonyl (C=O) groups excluding carboxylic acids is 1. The fourth-order valence-corrected chi connectivity index (χ4v) is 4.16. The minimum absolute atomic E-state index is 0.0561. The van der Waals surface area contributed by atoms with Crippen LogP contribution in [0.1, 0.15) is 32.1 Å². The lowest BCUT2D eigenvalue weighted by atomic mass is 9.98. The van der Waals surface area contributed by atoms with Gasteiger partial charge in [-0.1, -0.05) is 12.8 Å². The maximum atomic E-state index is 12.1. The van der Waals surface area contributed by atoms with E-state index in [-0.39, 0.29) is 6.03 Å². The molecule has 0 bridgehead atoms. The van der Waals surface area contributed by atoms with Crippen molar-refractivity contribution in [2.45, 2.75) is 43.0 Å². The Morgan fingerprint density at radius 2 is 1.95 bits per heavy atom. The first-order valence-corrected chi connectivity index (χ1v) is 8.70. The molecule has 2 aliphatic rings. The molecule has 2 amide bonds. The van der Waals surface area contributed by atoms with Crippen molar-refractivity contribution in [2.24, 2.45) is 11.8 Å². The van der Waals surface area contributed by atoms with Crippen LogP contribution in [-0.4, -0.2) is 18.3 Å². The molecule has 1 aromatic rings. The van der Waals surface area contributed by atoms with E-state index in [9.17, 15) is 4.79 Å². The smallest absolute Gasteiger partial charge is 0.319 e. The van der Waals surface area contributed by atoms with Gasteiger partial charge in [-0.25, -0.2) is 4.79 Å². The molecule has 1 aromatic carbocycles. The molecule has 3 atom stereocenters. The van der Waals surface area contributed by atoms with Crippen molar-refractivity contribution in [3.63, 3.8) is 0 Å². The van der Waals surface area contributed by atoms with E-state index in [4.69, 9.17) is 0 Å². The lowest BCUT2D eigenvalue weighted by Crippen LogP contribution is -2.40. The van der Waals surface area contributed by atoms with Crippen LogP contribution >= 0.6 is 11.8 Å². The highest BCUT2D eigenvalue weighted by Gasteiger charge is 2.39. The zero-order valence-corrected chi connectivity index (χ0v) is 12.7. The first kappa shape index (κ1) is 13.8. The number of anilines is 1. The molecule has 0 radical (unpaired) electrons. The molecule has 0 aromatic heterocycles. The number of nitrogens with one attached hydrogen (secondary N) is 2. The van der Waals surface area contributed by atoms with Gasteiger partial charge in [0, 0.05) is 16.6 Å². The molecule has 108 valence electrons. The van der Waals surface area contributed by atoms with Gasteiger partial charge in [-0.15, -0.1) is 11.8 Å². The molecule has 3 nitrogen and oxygen atoms in total. The van der Waals surface area contributed by atoms with E-state index in [0.717, 1.165) is 23.9 Å². The molecule has 3 rings (SSSR count). The molecule has 0 aliphatic heterocycles. The first-order chi connectivity index (χ1) is 9.76. The fourth-order valence-electron chi connectivity index (χ4n) is 3.75. The van der Waals surface area contributed by atoms with E-state index < -0.39 is 0 Å². The predicted molar refractivity (Wildman–Crippen MR) is 84.2 cm³/mol.